The van der Waals surface area contributed by atoms with E-state index in [2.05, 4.69) is 0 Å². The first-order chi connectivity index (χ1) is 14.3. The van der Waals surface area contributed by atoms with Gasteiger partial charge in [0.2, 0.25) is 0 Å². The van der Waals surface area contributed by atoms with Crippen molar-refractivity contribution in [3.8, 4) is 0 Å². The lowest BCUT2D eigenvalue weighted by atomic mass is 9.40. The van der Waals surface area contributed by atoms with Crippen molar-refractivity contribution >= 4 is 19.4 Å². The summed E-state index contributed by atoms with van der Waals surface area (Å²) in [5, 5.41) is 11.3. The van der Waals surface area contributed by atoms with E-state index in [-0.39, 0.29) is 30.5 Å². The Labute approximate surface area is 180 Å². The third-order valence-electron chi connectivity index (χ3n) is 9.11. The molecule has 0 bridgehead atoms. The molecule has 0 aromatic carbocycles. The summed E-state index contributed by atoms with van der Waals surface area (Å²) in [5.41, 5.74) is -5.27. The van der Waals surface area contributed by atoms with E-state index in [0.717, 1.165) is 0 Å². The van der Waals surface area contributed by atoms with Crippen LogP contribution in [-0.2, 0) is 23.2 Å². The van der Waals surface area contributed by atoms with Crippen LogP contribution in [0.1, 0.15) is 46.5 Å². The van der Waals surface area contributed by atoms with Gasteiger partial charge in [0.1, 0.15) is 0 Å². The van der Waals surface area contributed by atoms with E-state index in [4.69, 9.17) is 9.05 Å². The van der Waals surface area contributed by atoms with Crippen LogP contribution in [-0.4, -0.2) is 45.5 Å². The lowest BCUT2D eigenvalue weighted by Crippen LogP contribution is -2.74. The summed E-state index contributed by atoms with van der Waals surface area (Å²) in [5.74, 6) is -2.01. The molecule has 4 fully saturated rings. The van der Waals surface area contributed by atoms with Gasteiger partial charge in [0.25, 0.3) is 0 Å². The van der Waals surface area contributed by atoms with E-state index in [1.54, 1.807) is 26.8 Å². The minimum Gasteiger partial charge on any atom is -0.390 e. The fraction of sp³-hybridized carbons (Fsp3) is 0.727. The quantitative estimate of drug-likeness (QED) is 0.542. The zero-order valence-electron chi connectivity index (χ0n) is 17.8. The Hall–Kier alpha value is -1.18. The molecule has 1 saturated heterocycles. The molecule has 5 aliphatic rings. The summed E-state index contributed by atoms with van der Waals surface area (Å²) in [7, 11) is -4.42. The number of carbonyl (C=O) groups is 2. The molecule has 1 spiro atoms. The molecule has 9 heteroatoms. The van der Waals surface area contributed by atoms with E-state index in [9.17, 15) is 24.2 Å². The number of hydrogen-bond donors (Lipinski definition) is 2. The summed E-state index contributed by atoms with van der Waals surface area (Å²) < 4.78 is 39.9. The zero-order chi connectivity index (χ0) is 22.6. The standard InChI is InChI=1S/C22H28FO7P/c1-12-8-16-15-5-4-13-9-14(24)6-7-19(13,2)22(15,23)17(25)10-20(16,3)21(18(12)26)11-29-31(27,28)30-21/h6-7,9,12,15-17,25H,4-5,8,10-11H2,1-3H3,(H,27,28)/t12-,15+,16+,17+,19+,20+,21-,22+/m1/s1. The average Bonchev–Trinajstić information content (AvgIpc) is 3.02. The molecule has 2 N–H and O–H groups in total. The summed E-state index contributed by atoms with van der Waals surface area (Å²) in [6.45, 7) is 4.83. The number of phosphoric ester groups is 1. The Kier molecular flexibility index (Phi) is 4.35. The Morgan fingerprint density at radius 2 is 1.97 bits per heavy atom. The number of allylic oxidation sites excluding steroid dienone is 4. The number of Topliss-reactive ketones (excluding diaryl/α,β-unsaturated/α-hetero) is 1. The van der Waals surface area contributed by atoms with Crippen LogP contribution in [0.15, 0.2) is 23.8 Å². The van der Waals surface area contributed by atoms with Crippen molar-refractivity contribution < 1.29 is 37.6 Å². The van der Waals surface area contributed by atoms with Crippen LogP contribution >= 0.6 is 7.82 Å². The third kappa shape index (κ3) is 2.46. The Morgan fingerprint density at radius 3 is 2.61 bits per heavy atom. The van der Waals surface area contributed by atoms with E-state index >= 15 is 4.39 Å². The molecule has 170 valence electrons. The molecule has 3 saturated carbocycles. The van der Waals surface area contributed by atoms with Gasteiger partial charge in [-0.2, -0.15) is 0 Å². The van der Waals surface area contributed by atoms with Crippen molar-refractivity contribution in [3.63, 3.8) is 0 Å². The SMILES string of the molecule is C[C@@H]1C[C@H]2[C@@H]3CCC4=CC(=O)C=C[C@]4(C)[C@@]3(F)[C@@H](O)C[C@]2(C)[C@@]2(COP(=O)(O)O2)C1=O. The molecule has 0 aromatic heterocycles. The summed E-state index contributed by atoms with van der Waals surface area (Å²) in [6.07, 6.45) is 4.16. The Balaban J connectivity index is 1.65. The van der Waals surface area contributed by atoms with Crippen molar-refractivity contribution in [2.45, 2.75) is 63.8 Å². The van der Waals surface area contributed by atoms with Crippen LogP contribution in [0.2, 0.25) is 0 Å². The summed E-state index contributed by atoms with van der Waals surface area (Å²) >= 11 is 0. The van der Waals surface area contributed by atoms with E-state index < -0.39 is 47.9 Å². The lowest BCUT2D eigenvalue weighted by Gasteiger charge is -2.66. The molecular weight excluding hydrogens is 426 g/mol. The molecule has 0 radical (unpaired) electrons. The molecule has 7 nitrogen and oxygen atoms in total. The van der Waals surface area contributed by atoms with E-state index in [1.807, 2.05) is 0 Å². The minimum atomic E-state index is -4.42. The molecule has 4 aliphatic carbocycles. The highest BCUT2D eigenvalue weighted by molar-refractivity contribution is 7.47. The van der Waals surface area contributed by atoms with Gasteiger partial charge in [0.15, 0.2) is 22.8 Å². The van der Waals surface area contributed by atoms with Crippen molar-refractivity contribution in [1.29, 1.82) is 0 Å². The maximum Gasteiger partial charge on any atom is 0.473 e. The van der Waals surface area contributed by atoms with Crippen molar-refractivity contribution in [1.82, 2.24) is 0 Å². The van der Waals surface area contributed by atoms with Crippen LogP contribution in [0.3, 0.4) is 0 Å². The second-order valence-electron chi connectivity index (χ2n) is 10.4. The highest BCUT2D eigenvalue weighted by Gasteiger charge is 2.76. The first kappa shape index (κ1) is 21.7. The average molecular weight is 454 g/mol. The Morgan fingerprint density at radius 1 is 1.26 bits per heavy atom. The fourth-order valence-electron chi connectivity index (χ4n) is 7.43. The van der Waals surface area contributed by atoms with Gasteiger partial charge in [0.05, 0.1) is 12.7 Å². The lowest BCUT2D eigenvalue weighted by molar-refractivity contribution is -0.241. The number of rotatable bonds is 0. The largest absolute Gasteiger partial charge is 0.473 e. The van der Waals surface area contributed by atoms with Crippen LogP contribution in [0.4, 0.5) is 4.39 Å². The molecule has 31 heavy (non-hydrogen) atoms. The van der Waals surface area contributed by atoms with Gasteiger partial charge < -0.3 is 10.00 Å². The van der Waals surface area contributed by atoms with Gasteiger partial charge in [-0.1, -0.05) is 25.5 Å². The number of fused-ring (bicyclic) bond motifs is 6. The van der Waals surface area contributed by atoms with Crippen molar-refractivity contribution in [2.75, 3.05) is 6.61 Å². The first-order valence-corrected chi connectivity index (χ1v) is 12.3. The maximum absolute atomic E-state index is 17.1. The van der Waals surface area contributed by atoms with Gasteiger partial charge in [-0.3, -0.25) is 18.6 Å². The number of aliphatic hydroxyl groups is 1. The summed E-state index contributed by atoms with van der Waals surface area (Å²) in [6, 6.07) is 0. The van der Waals surface area contributed by atoms with Crippen LogP contribution < -0.4 is 0 Å². The molecule has 1 aliphatic heterocycles. The smallest absolute Gasteiger partial charge is 0.390 e. The number of ketones is 2. The number of phosphoric acid groups is 1. The monoisotopic (exact) mass is 454 g/mol. The van der Waals surface area contributed by atoms with E-state index in [1.165, 1.54) is 12.2 Å². The second kappa shape index (κ2) is 6.23. The van der Waals surface area contributed by atoms with Crippen molar-refractivity contribution in [3.05, 3.63) is 23.8 Å². The molecular formula is C22H28FO7P. The molecule has 9 atom stereocenters. The molecule has 1 heterocycles. The summed E-state index contributed by atoms with van der Waals surface area (Å²) in [4.78, 5) is 35.2. The number of halogens is 1. The molecule has 1 unspecified atom stereocenters. The molecule has 5 rings (SSSR count). The normalized spacial score (nSPS) is 56.1. The van der Waals surface area contributed by atoms with Gasteiger partial charge in [0, 0.05) is 22.7 Å². The van der Waals surface area contributed by atoms with Gasteiger partial charge in [-0.25, -0.2) is 8.96 Å². The number of aliphatic hydroxyl groups excluding tert-OH is 1. The zero-order valence-corrected chi connectivity index (χ0v) is 18.7. The number of alkyl halides is 1. The predicted molar refractivity (Wildman–Crippen MR) is 108 cm³/mol. The minimum absolute atomic E-state index is 0.114. The van der Waals surface area contributed by atoms with E-state index in [0.29, 0.717) is 24.8 Å². The van der Waals surface area contributed by atoms with Gasteiger partial charge in [-0.05, 0) is 50.7 Å². The maximum atomic E-state index is 17.1. The highest BCUT2D eigenvalue weighted by Crippen LogP contribution is 2.72. The van der Waals surface area contributed by atoms with Crippen LogP contribution in [0.25, 0.3) is 0 Å². The number of hydrogen-bond acceptors (Lipinski definition) is 6. The molecule has 0 aromatic rings. The predicted octanol–water partition coefficient (Wildman–Crippen LogP) is 3.06. The van der Waals surface area contributed by atoms with Crippen LogP contribution in [0.5, 0.6) is 0 Å². The molecule has 0 amide bonds. The topological polar surface area (TPSA) is 110 Å². The number of carbonyl (C=O) groups excluding carboxylic acids is 2. The second-order valence-corrected chi connectivity index (χ2v) is 11.8. The van der Waals surface area contributed by atoms with Gasteiger partial charge in [-0.15, -0.1) is 0 Å². The van der Waals surface area contributed by atoms with Crippen molar-refractivity contribution in [2.24, 2.45) is 28.6 Å². The van der Waals surface area contributed by atoms with Crippen LogP contribution in [0, 0.1) is 28.6 Å². The third-order valence-corrected chi connectivity index (χ3v) is 10.1. The van der Waals surface area contributed by atoms with Gasteiger partial charge >= 0.3 is 7.82 Å². The Bertz CT molecular complexity index is 992. The fourth-order valence-corrected chi connectivity index (χ4v) is 8.58. The highest BCUT2D eigenvalue weighted by atomic mass is 31.2. The first-order valence-electron chi connectivity index (χ1n) is 10.8.